The van der Waals surface area contributed by atoms with E-state index in [4.69, 9.17) is 0 Å². The van der Waals surface area contributed by atoms with Crippen molar-refractivity contribution in [3.63, 3.8) is 0 Å². The van der Waals surface area contributed by atoms with Crippen LogP contribution in [0, 0.1) is 0 Å². The van der Waals surface area contributed by atoms with Crippen LogP contribution in [0.25, 0.3) is 0 Å². The molecule has 0 aliphatic heterocycles. The molecule has 2 aliphatic carbocycles. The molecule has 1 aromatic rings. The normalized spacial score (nSPS) is 19.3. The van der Waals surface area contributed by atoms with Gasteiger partial charge in [-0.25, -0.2) is 17.9 Å². The lowest BCUT2D eigenvalue weighted by Gasteiger charge is -2.14. The number of nitrogens with one attached hydrogen (secondary N) is 2. The molecule has 7 heteroatoms. The largest absolute Gasteiger partial charge is 0.478 e. The summed E-state index contributed by atoms with van der Waals surface area (Å²) in [5.74, 6) is -1.12. The van der Waals surface area contributed by atoms with E-state index in [1.54, 1.807) is 6.07 Å². The van der Waals surface area contributed by atoms with Gasteiger partial charge in [0.2, 0.25) is 10.0 Å². The van der Waals surface area contributed by atoms with Gasteiger partial charge in [-0.15, -0.1) is 0 Å². The summed E-state index contributed by atoms with van der Waals surface area (Å²) in [6, 6.07) is 4.52. The van der Waals surface area contributed by atoms with Gasteiger partial charge in [0.1, 0.15) is 0 Å². The molecule has 120 valence electrons. The van der Waals surface area contributed by atoms with E-state index in [1.165, 1.54) is 12.1 Å². The smallest absolute Gasteiger partial charge is 0.337 e. The number of hydrogen-bond donors (Lipinski definition) is 3. The summed E-state index contributed by atoms with van der Waals surface area (Å²) in [7, 11) is -3.67. The number of rotatable bonds is 6. The van der Waals surface area contributed by atoms with E-state index >= 15 is 0 Å². The van der Waals surface area contributed by atoms with E-state index < -0.39 is 16.0 Å². The molecule has 0 atom stereocenters. The molecule has 1 aromatic carbocycles. The molecule has 0 heterocycles. The zero-order valence-electron chi connectivity index (χ0n) is 12.2. The Kier molecular flexibility index (Phi) is 4.10. The number of aromatic carboxylic acids is 1. The second-order valence-electron chi connectivity index (χ2n) is 6.03. The Labute approximate surface area is 130 Å². The van der Waals surface area contributed by atoms with E-state index in [0.29, 0.717) is 11.7 Å². The summed E-state index contributed by atoms with van der Waals surface area (Å²) in [6.45, 7) is 0. The first-order valence-corrected chi connectivity index (χ1v) is 9.10. The minimum Gasteiger partial charge on any atom is -0.478 e. The van der Waals surface area contributed by atoms with Crippen molar-refractivity contribution in [2.45, 2.75) is 55.5 Å². The Morgan fingerprint density at radius 3 is 2.36 bits per heavy atom. The van der Waals surface area contributed by atoms with Gasteiger partial charge in [-0.1, -0.05) is 12.8 Å². The zero-order chi connectivity index (χ0) is 15.7. The summed E-state index contributed by atoms with van der Waals surface area (Å²) in [6.07, 6.45) is 5.76. The van der Waals surface area contributed by atoms with Crippen LogP contribution < -0.4 is 10.0 Å². The van der Waals surface area contributed by atoms with E-state index in [2.05, 4.69) is 10.0 Å². The molecule has 0 saturated heterocycles. The summed E-state index contributed by atoms with van der Waals surface area (Å²) in [4.78, 5) is 11.4. The second kappa shape index (κ2) is 5.89. The van der Waals surface area contributed by atoms with Gasteiger partial charge in [-0.2, -0.15) is 0 Å². The highest BCUT2D eigenvalue weighted by Crippen LogP contribution is 2.29. The number of carboxylic acids is 1. The van der Waals surface area contributed by atoms with Crippen molar-refractivity contribution >= 4 is 21.7 Å². The number of anilines is 1. The van der Waals surface area contributed by atoms with Gasteiger partial charge in [0, 0.05) is 17.8 Å². The minimum atomic E-state index is -3.67. The summed E-state index contributed by atoms with van der Waals surface area (Å²) >= 11 is 0. The molecule has 0 aromatic heterocycles. The Bertz CT molecular complexity index is 677. The maximum absolute atomic E-state index is 12.4. The topological polar surface area (TPSA) is 95.5 Å². The van der Waals surface area contributed by atoms with Crippen molar-refractivity contribution in [1.82, 2.24) is 4.72 Å². The summed E-state index contributed by atoms with van der Waals surface area (Å²) < 4.78 is 27.4. The molecule has 0 amide bonds. The van der Waals surface area contributed by atoms with Crippen LogP contribution >= 0.6 is 0 Å². The van der Waals surface area contributed by atoms with Crippen molar-refractivity contribution in [2.24, 2.45) is 0 Å². The molecule has 2 aliphatic rings. The average Bonchev–Trinajstić information content (AvgIpc) is 3.13. The average molecular weight is 324 g/mol. The first-order valence-electron chi connectivity index (χ1n) is 7.62. The Balaban J connectivity index is 1.86. The van der Waals surface area contributed by atoms with Crippen LogP contribution in [-0.2, 0) is 10.0 Å². The van der Waals surface area contributed by atoms with Crippen LogP contribution in [0.1, 0.15) is 48.9 Å². The number of sulfonamides is 1. The van der Waals surface area contributed by atoms with Crippen molar-refractivity contribution in [3.8, 4) is 0 Å². The first-order chi connectivity index (χ1) is 10.5. The van der Waals surface area contributed by atoms with E-state index in [9.17, 15) is 18.3 Å². The molecular formula is C15H20N2O4S. The van der Waals surface area contributed by atoms with E-state index in [1.807, 2.05) is 0 Å². The standard InChI is InChI=1S/C15H20N2O4S/c18-15(19)13-9-12(7-8-14(13)16-10-5-6-10)22(20,21)17-11-3-1-2-4-11/h7-11,16-17H,1-6H2,(H,18,19). The SMILES string of the molecule is O=C(O)c1cc(S(=O)(=O)NC2CCCC2)ccc1NC1CC1. The highest BCUT2D eigenvalue weighted by molar-refractivity contribution is 7.89. The number of carboxylic acid groups (broad SMARTS) is 1. The highest BCUT2D eigenvalue weighted by atomic mass is 32.2. The fourth-order valence-corrected chi connectivity index (χ4v) is 4.10. The molecule has 0 spiro atoms. The predicted octanol–water partition coefficient (Wildman–Crippen LogP) is 2.18. The number of hydrogen-bond acceptors (Lipinski definition) is 4. The number of benzene rings is 1. The lowest BCUT2D eigenvalue weighted by atomic mass is 10.2. The van der Waals surface area contributed by atoms with Crippen LogP contribution in [0.2, 0.25) is 0 Å². The van der Waals surface area contributed by atoms with Crippen molar-refractivity contribution in [3.05, 3.63) is 23.8 Å². The lowest BCUT2D eigenvalue weighted by Crippen LogP contribution is -2.32. The third-order valence-corrected chi connectivity index (χ3v) is 5.66. The van der Waals surface area contributed by atoms with Crippen molar-refractivity contribution in [1.29, 1.82) is 0 Å². The first kappa shape index (κ1) is 15.3. The molecule has 2 saturated carbocycles. The van der Waals surface area contributed by atoms with Gasteiger partial charge >= 0.3 is 5.97 Å². The van der Waals surface area contributed by atoms with Crippen LogP contribution in [-0.4, -0.2) is 31.6 Å². The van der Waals surface area contributed by atoms with Gasteiger partial charge in [0.15, 0.2) is 0 Å². The molecule has 0 bridgehead atoms. The minimum absolute atomic E-state index is 0.00111. The van der Waals surface area contributed by atoms with Gasteiger partial charge in [-0.05, 0) is 43.9 Å². The molecule has 3 rings (SSSR count). The van der Waals surface area contributed by atoms with Gasteiger partial charge in [-0.3, -0.25) is 0 Å². The quantitative estimate of drug-likeness (QED) is 0.745. The van der Waals surface area contributed by atoms with Gasteiger partial charge in [0.25, 0.3) is 0 Å². The number of carbonyl (C=O) groups is 1. The zero-order valence-corrected chi connectivity index (χ0v) is 13.0. The molecule has 3 N–H and O–H groups in total. The van der Waals surface area contributed by atoms with Crippen LogP contribution in [0.15, 0.2) is 23.1 Å². The fraction of sp³-hybridized carbons (Fsp3) is 0.533. The van der Waals surface area contributed by atoms with E-state index in [0.717, 1.165) is 38.5 Å². The Morgan fingerprint density at radius 2 is 1.77 bits per heavy atom. The van der Waals surface area contributed by atoms with Crippen molar-refractivity contribution < 1.29 is 18.3 Å². The maximum atomic E-state index is 12.4. The summed E-state index contributed by atoms with van der Waals surface area (Å²) in [5.41, 5.74) is 0.482. The highest BCUT2D eigenvalue weighted by Gasteiger charge is 2.26. The Morgan fingerprint density at radius 1 is 1.09 bits per heavy atom. The van der Waals surface area contributed by atoms with E-state index in [-0.39, 0.29) is 16.5 Å². The van der Waals surface area contributed by atoms with Crippen LogP contribution in [0.4, 0.5) is 5.69 Å². The molecule has 0 radical (unpaired) electrons. The summed E-state index contributed by atoms with van der Waals surface area (Å²) in [5, 5.41) is 12.4. The third kappa shape index (κ3) is 3.41. The van der Waals surface area contributed by atoms with Gasteiger partial charge < -0.3 is 10.4 Å². The molecular weight excluding hydrogens is 304 g/mol. The molecule has 2 fully saturated rings. The third-order valence-electron chi connectivity index (χ3n) is 4.15. The molecule has 0 unspecified atom stereocenters. The van der Waals surface area contributed by atoms with Gasteiger partial charge in [0.05, 0.1) is 10.5 Å². The monoisotopic (exact) mass is 324 g/mol. The maximum Gasteiger partial charge on any atom is 0.337 e. The molecule has 22 heavy (non-hydrogen) atoms. The Hall–Kier alpha value is -1.60. The fourth-order valence-electron chi connectivity index (χ4n) is 2.77. The molecule has 6 nitrogen and oxygen atoms in total. The van der Waals surface area contributed by atoms with Crippen LogP contribution in [0.3, 0.4) is 0 Å². The van der Waals surface area contributed by atoms with Crippen LogP contribution in [0.5, 0.6) is 0 Å². The van der Waals surface area contributed by atoms with Crippen molar-refractivity contribution in [2.75, 3.05) is 5.32 Å². The lowest BCUT2D eigenvalue weighted by molar-refractivity contribution is 0.0697. The predicted molar refractivity (Wildman–Crippen MR) is 82.6 cm³/mol. The second-order valence-corrected chi connectivity index (χ2v) is 7.75.